The lowest BCUT2D eigenvalue weighted by molar-refractivity contribution is -0.141. The van der Waals surface area contributed by atoms with Crippen LogP contribution in [-0.4, -0.2) is 30.1 Å². The molecule has 5 heteroatoms. The molecule has 26 heavy (non-hydrogen) atoms. The molecule has 0 saturated carbocycles. The van der Waals surface area contributed by atoms with Gasteiger partial charge in [0.25, 0.3) is 0 Å². The Bertz CT molecular complexity index is 713. The number of carboxylic acids is 1. The van der Waals surface area contributed by atoms with Crippen LogP contribution in [0, 0.1) is 5.92 Å². The van der Waals surface area contributed by atoms with Crippen LogP contribution in [0.1, 0.15) is 30.9 Å². The first-order valence-corrected chi connectivity index (χ1v) is 8.78. The third-order valence-corrected chi connectivity index (χ3v) is 4.28. The molecular weight excluding hydrogens is 330 g/mol. The summed E-state index contributed by atoms with van der Waals surface area (Å²) in [5.74, 6) is -1.34. The molecule has 0 saturated heterocycles. The lowest BCUT2D eigenvalue weighted by atomic mass is 9.97. The molecule has 2 aromatic rings. The minimum absolute atomic E-state index is 0.0958. The molecule has 2 atom stereocenters. The molecule has 0 aliphatic rings. The van der Waals surface area contributed by atoms with Crippen molar-refractivity contribution in [3.63, 3.8) is 0 Å². The zero-order valence-corrected chi connectivity index (χ0v) is 15.1. The molecule has 2 rings (SSSR count). The van der Waals surface area contributed by atoms with Crippen molar-refractivity contribution in [2.24, 2.45) is 5.92 Å². The molecule has 0 aliphatic carbocycles. The smallest absolute Gasteiger partial charge is 0.308 e. The molecule has 5 nitrogen and oxygen atoms in total. The Hall–Kier alpha value is -2.82. The van der Waals surface area contributed by atoms with Gasteiger partial charge in [-0.15, -0.1) is 0 Å². The summed E-state index contributed by atoms with van der Waals surface area (Å²) in [6.45, 7) is 4.40. The molecule has 0 spiro atoms. The molecule has 1 unspecified atom stereocenters. The van der Waals surface area contributed by atoms with Crippen molar-refractivity contribution in [2.75, 3.05) is 13.2 Å². The van der Waals surface area contributed by atoms with Crippen molar-refractivity contribution in [2.45, 2.75) is 26.2 Å². The molecule has 138 valence electrons. The van der Waals surface area contributed by atoms with Gasteiger partial charge in [-0.2, -0.15) is 0 Å². The molecule has 0 aliphatic heterocycles. The average Bonchev–Trinajstić information content (AvgIpc) is 2.66. The van der Waals surface area contributed by atoms with Crippen LogP contribution in [0.15, 0.2) is 54.6 Å². The van der Waals surface area contributed by atoms with Gasteiger partial charge in [0.1, 0.15) is 5.75 Å². The normalized spacial score (nSPS) is 12.8. The standard InChI is InChI=1S/C21H25NO4/c1-3-26-19-11-9-16(10-12-19)13-18(21(24)25)14-22-20(23)15(2)17-7-5-4-6-8-17/h4-12,15,18H,3,13-14H2,1-2H3,(H,22,23)(H,24,25)/t15-,18?/m1/s1. The van der Waals surface area contributed by atoms with Crippen LogP contribution in [0.25, 0.3) is 0 Å². The molecule has 2 aromatic carbocycles. The van der Waals surface area contributed by atoms with Gasteiger partial charge < -0.3 is 15.2 Å². The maximum atomic E-state index is 12.3. The number of carbonyl (C=O) groups excluding carboxylic acids is 1. The van der Waals surface area contributed by atoms with Gasteiger partial charge in [-0.1, -0.05) is 42.5 Å². The fraction of sp³-hybridized carbons (Fsp3) is 0.333. The van der Waals surface area contributed by atoms with E-state index in [0.717, 1.165) is 16.9 Å². The third-order valence-electron chi connectivity index (χ3n) is 4.28. The minimum Gasteiger partial charge on any atom is -0.494 e. The van der Waals surface area contributed by atoms with E-state index in [0.29, 0.717) is 13.0 Å². The molecule has 0 aromatic heterocycles. The number of carboxylic acid groups (broad SMARTS) is 1. The Labute approximate surface area is 154 Å². The highest BCUT2D eigenvalue weighted by molar-refractivity contribution is 5.83. The first kappa shape index (κ1) is 19.5. The van der Waals surface area contributed by atoms with Crippen LogP contribution in [0.2, 0.25) is 0 Å². The Kier molecular flexibility index (Phi) is 7.21. The number of nitrogens with one attached hydrogen (secondary N) is 1. The quantitative estimate of drug-likeness (QED) is 0.724. The van der Waals surface area contributed by atoms with E-state index < -0.39 is 11.9 Å². The van der Waals surface area contributed by atoms with E-state index in [-0.39, 0.29) is 18.4 Å². The highest BCUT2D eigenvalue weighted by Gasteiger charge is 2.21. The van der Waals surface area contributed by atoms with E-state index >= 15 is 0 Å². The van der Waals surface area contributed by atoms with Crippen LogP contribution >= 0.6 is 0 Å². The van der Waals surface area contributed by atoms with E-state index in [4.69, 9.17) is 4.74 Å². The zero-order valence-electron chi connectivity index (χ0n) is 15.1. The average molecular weight is 355 g/mol. The molecular formula is C21H25NO4. The number of hydrogen-bond acceptors (Lipinski definition) is 3. The molecule has 0 bridgehead atoms. The summed E-state index contributed by atoms with van der Waals surface area (Å²) >= 11 is 0. The Morgan fingerprint density at radius 1 is 1.08 bits per heavy atom. The highest BCUT2D eigenvalue weighted by Crippen LogP contribution is 2.17. The number of benzene rings is 2. The largest absolute Gasteiger partial charge is 0.494 e. The number of ether oxygens (including phenoxy) is 1. The minimum atomic E-state index is -0.924. The monoisotopic (exact) mass is 355 g/mol. The van der Waals surface area contributed by atoms with E-state index in [9.17, 15) is 14.7 Å². The lowest BCUT2D eigenvalue weighted by Gasteiger charge is -2.17. The van der Waals surface area contributed by atoms with Crippen LogP contribution in [0.5, 0.6) is 5.75 Å². The number of amides is 1. The summed E-state index contributed by atoms with van der Waals surface area (Å²) in [4.78, 5) is 23.9. The molecule has 0 radical (unpaired) electrons. The Morgan fingerprint density at radius 2 is 1.73 bits per heavy atom. The van der Waals surface area contributed by atoms with Crippen molar-refractivity contribution in [3.8, 4) is 5.75 Å². The predicted octanol–water partition coefficient (Wildman–Crippen LogP) is 3.25. The SMILES string of the molecule is CCOc1ccc(CC(CNC(=O)[C@H](C)c2ccccc2)C(=O)O)cc1. The summed E-state index contributed by atoms with van der Waals surface area (Å²) in [5, 5.41) is 12.2. The van der Waals surface area contributed by atoms with Crippen molar-refractivity contribution < 1.29 is 19.4 Å². The fourth-order valence-electron chi connectivity index (χ4n) is 2.69. The summed E-state index contributed by atoms with van der Waals surface area (Å²) in [7, 11) is 0. The van der Waals surface area contributed by atoms with Crippen LogP contribution in [0.4, 0.5) is 0 Å². The number of carbonyl (C=O) groups is 2. The summed E-state index contributed by atoms with van der Waals surface area (Å²) in [5.41, 5.74) is 1.80. The van der Waals surface area contributed by atoms with Crippen molar-refractivity contribution in [1.82, 2.24) is 5.32 Å². The highest BCUT2D eigenvalue weighted by atomic mass is 16.5. The molecule has 2 N–H and O–H groups in total. The van der Waals surface area contributed by atoms with Crippen LogP contribution < -0.4 is 10.1 Å². The van der Waals surface area contributed by atoms with Gasteiger partial charge in [-0.25, -0.2) is 0 Å². The molecule has 1 amide bonds. The van der Waals surface area contributed by atoms with E-state index in [1.54, 1.807) is 0 Å². The third kappa shape index (κ3) is 5.62. The van der Waals surface area contributed by atoms with Gasteiger partial charge in [-0.05, 0) is 43.5 Å². The Balaban J connectivity index is 1.93. The van der Waals surface area contributed by atoms with Gasteiger partial charge in [0.15, 0.2) is 0 Å². The van der Waals surface area contributed by atoms with Crippen LogP contribution in [-0.2, 0) is 16.0 Å². The first-order valence-electron chi connectivity index (χ1n) is 8.78. The van der Waals surface area contributed by atoms with Crippen molar-refractivity contribution in [1.29, 1.82) is 0 Å². The second kappa shape index (κ2) is 9.61. The van der Waals surface area contributed by atoms with Gasteiger partial charge in [0.2, 0.25) is 5.91 Å². The fourth-order valence-corrected chi connectivity index (χ4v) is 2.69. The second-order valence-electron chi connectivity index (χ2n) is 6.19. The summed E-state index contributed by atoms with van der Waals surface area (Å²) in [6, 6.07) is 16.8. The summed E-state index contributed by atoms with van der Waals surface area (Å²) < 4.78 is 5.39. The van der Waals surface area contributed by atoms with Gasteiger partial charge >= 0.3 is 5.97 Å². The number of hydrogen-bond donors (Lipinski definition) is 2. The van der Waals surface area contributed by atoms with Gasteiger partial charge in [0.05, 0.1) is 18.4 Å². The number of aliphatic carboxylic acids is 1. The van der Waals surface area contributed by atoms with Crippen molar-refractivity contribution >= 4 is 11.9 Å². The maximum absolute atomic E-state index is 12.3. The summed E-state index contributed by atoms with van der Waals surface area (Å²) in [6.07, 6.45) is 0.349. The molecule has 0 heterocycles. The van der Waals surface area contributed by atoms with E-state index in [1.165, 1.54) is 0 Å². The van der Waals surface area contributed by atoms with Gasteiger partial charge in [0, 0.05) is 6.54 Å². The first-order chi connectivity index (χ1) is 12.5. The van der Waals surface area contributed by atoms with Crippen molar-refractivity contribution in [3.05, 3.63) is 65.7 Å². The second-order valence-corrected chi connectivity index (χ2v) is 6.19. The van der Waals surface area contributed by atoms with Crippen LogP contribution in [0.3, 0.4) is 0 Å². The zero-order chi connectivity index (χ0) is 18.9. The number of rotatable bonds is 9. The Morgan fingerprint density at radius 3 is 2.31 bits per heavy atom. The topological polar surface area (TPSA) is 75.6 Å². The predicted molar refractivity (Wildman–Crippen MR) is 100 cm³/mol. The van der Waals surface area contributed by atoms with E-state index in [1.807, 2.05) is 68.4 Å². The van der Waals surface area contributed by atoms with E-state index in [2.05, 4.69) is 5.32 Å². The maximum Gasteiger partial charge on any atom is 0.308 e. The molecule has 0 fully saturated rings. The van der Waals surface area contributed by atoms with Gasteiger partial charge in [-0.3, -0.25) is 9.59 Å². The lowest BCUT2D eigenvalue weighted by Crippen LogP contribution is -2.36.